The fourth-order valence-corrected chi connectivity index (χ4v) is 2.26. The van der Waals surface area contributed by atoms with Gasteiger partial charge in [0.15, 0.2) is 0 Å². The topological polar surface area (TPSA) is 61.4 Å². The predicted octanol–water partition coefficient (Wildman–Crippen LogP) is 2.75. The molecule has 0 aliphatic rings. The lowest BCUT2D eigenvalue weighted by Crippen LogP contribution is -2.31. The fourth-order valence-electron chi connectivity index (χ4n) is 2.10. The predicted molar refractivity (Wildman–Crippen MR) is 79.6 cm³/mol. The summed E-state index contributed by atoms with van der Waals surface area (Å²) in [5, 5.41) is 0.291. The molecule has 0 amide bonds. The molecule has 1 aromatic heterocycles. The van der Waals surface area contributed by atoms with Crippen LogP contribution in [0.1, 0.15) is 0 Å². The van der Waals surface area contributed by atoms with Crippen molar-refractivity contribution < 1.29 is 13.5 Å². The van der Waals surface area contributed by atoms with Crippen LogP contribution >= 0.6 is 11.6 Å². The molecule has 2 aromatic carbocycles. The van der Waals surface area contributed by atoms with E-state index in [0.717, 1.165) is 6.07 Å². The summed E-state index contributed by atoms with van der Waals surface area (Å²) in [6, 6.07) is 8.05. The molecular formula is C15H9ClFNO4. The van der Waals surface area contributed by atoms with Crippen molar-refractivity contribution in [3.63, 3.8) is 0 Å². The lowest BCUT2D eigenvalue weighted by Gasteiger charge is -2.07. The molecule has 0 saturated heterocycles. The third-order valence-electron chi connectivity index (χ3n) is 3.15. The second kappa shape index (κ2) is 5.31. The number of rotatable bonds is 2. The van der Waals surface area contributed by atoms with Gasteiger partial charge in [0.2, 0.25) is 0 Å². The van der Waals surface area contributed by atoms with Gasteiger partial charge in [0, 0.05) is 11.1 Å². The van der Waals surface area contributed by atoms with Crippen LogP contribution in [0.5, 0.6) is 5.75 Å². The van der Waals surface area contributed by atoms with Crippen LogP contribution in [0, 0.1) is 5.82 Å². The second-order valence-corrected chi connectivity index (χ2v) is 4.90. The summed E-state index contributed by atoms with van der Waals surface area (Å²) in [5.41, 5.74) is -0.837. The van der Waals surface area contributed by atoms with E-state index in [0.29, 0.717) is 10.3 Å². The summed E-state index contributed by atoms with van der Waals surface area (Å²) in [6.07, 6.45) is 0. The maximum absolute atomic E-state index is 14.0. The zero-order chi connectivity index (χ0) is 15.9. The third kappa shape index (κ3) is 2.27. The van der Waals surface area contributed by atoms with E-state index in [9.17, 15) is 14.0 Å². The highest BCUT2D eigenvalue weighted by Gasteiger charge is 2.15. The smallest absolute Gasteiger partial charge is 0.427 e. The van der Waals surface area contributed by atoms with Gasteiger partial charge < -0.3 is 9.15 Å². The van der Waals surface area contributed by atoms with Gasteiger partial charge in [0.1, 0.15) is 17.1 Å². The highest BCUT2D eigenvalue weighted by Crippen LogP contribution is 2.19. The van der Waals surface area contributed by atoms with Crippen LogP contribution in [0.3, 0.4) is 0 Å². The number of aromatic nitrogens is 1. The number of hydrogen-bond acceptors (Lipinski definition) is 4. The summed E-state index contributed by atoms with van der Waals surface area (Å²) in [4.78, 5) is 24.5. The molecule has 22 heavy (non-hydrogen) atoms. The van der Waals surface area contributed by atoms with Gasteiger partial charge >= 0.3 is 5.76 Å². The van der Waals surface area contributed by atoms with E-state index in [4.69, 9.17) is 20.8 Å². The maximum Gasteiger partial charge on any atom is 0.427 e. The highest BCUT2D eigenvalue weighted by atomic mass is 35.5. The summed E-state index contributed by atoms with van der Waals surface area (Å²) >= 11 is 5.67. The average Bonchev–Trinajstić information content (AvgIpc) is 2.48. The molecule has 3 rings (SSSR count). The van der Waals surface area contributed by atoms with Gasteiger partial charge in [-0.25, -0.2) is 13.8 Å². The Balaban J connectivity index is 2.36. The molecule has 7 heteroatoms. The monoisotopic (exact) mass is 321 g/mol. The Kier molecular flexibility index (Phi) is 3.46. The molecule has 0 spiro atoms. The van der Waals surface area contributed by atoms with Crippen LogP contribution in [-0.2, 0) is 0 Å². The van der Waals surface area contributed by atoms with Crippen LogP contribution in [0.2, 0.25) is 5.02 Å². The van der Waals surface area contributed by atoms with Gasteiger partial charge in [-0.3, -0.25) is 4.79 Å². The first-order valence-electron chi connectivity index (χ1n) is 6.20. The lowest BCUT2D eigenvalue weighted by molar-refractivity contribution is 0.413. The molecule has 0 aliphatic heterocycles. The molecule has 1 heterocycles. The summed E-state index contributed by atoms with van der Waals surface area (Å²) in [7, 11) is 1.45. The summed E-state index contributed by atoms with van der Waals surface area (Å²) in [5.74, 6) is -1.35. The van der Waals surface area contributed by atoms with Crippen molar-refractivity contribution in [1.82, 2.24) is 4.57 Å². The highest BCUT2D eigenvalue weighted by molar-refractivity contribution is 6.30. The Morgan fingerprint density at radius 3 is 2.64 bits per heavy atom. The Hall–Kier alpha value is -2.60. The summed E-state index contributed by atoms with van der Waals surface area (Å²) < 4.78 is 24.7. The van der Waals surface area contributed by atoms with Gasteiger partial charge in [-0.2, -0.15) is 0 Å². The van der Waals surface area contributed by atoms with Crippen molar-refractivity contribution in [2.75, 3.05) is 7.11 Å². The molecular weight excluding hydrogens is 313 g/mol. The minimum Gasteiger partial charge on any atom is -0.497 e. The van der Waals surface area contributed by atoms with Gasteiger partial charge in [-0.05, 0) is 30.3 Å². The number of nitrogens with zero attached hydrogens (tertiary/aromatic N) is 1. The first-order chi connectivity index (χ1) is 10.5. The zero-order valence-electron chi connectivity index (χ0n) is 11.3. The minimum atomic E-state index is -0.994. The molecule has 0 fully saturated rings. The van der Waals surface area contributed by atoms with E-state index in [1.165, 1.54) is 31.4 Å². The van der Waals surface area contributed by atoms with Crippen LogP contribution < -0.4 is 16.1 Å². The van der Waals surface area contributed by atoms with Crippen molar-refractivity contribution in [3.8, 4) is 11.4 Å². The van der Waals surface area contributed by atoms with Crippen LogP contribution in [0.15, 0.2) is 50.4 Å². The van der Waals surface area contributed by atoms with Crippen molar-refractivity contribution in [1.29, 1.82) is 0 Å². The van der Waals surface area contributed by atoms with Gasteiger partial charge in [-0.1, -0.05) is 11.6 Å². The Labute approximate surface area is 128 Å². The standard InChI is InChI=1S/C15H9ClFNO4/c1-21-9-3-4-10-13(7-9)22-15(20)18(14(10)19)12-5-2-8(16)6-11(12)17/h2-7H,1H3. The molecule has 0 atom stereocenters. The first kappa shape index (κ1) is 14.3. The van der Waals surface area contributed by atoms with Crippen molar-refractivity contribution in [2.24, 2.45) is 0 Å². The molecule has 0 N–H and O–H groups in total. The number of ether oxygens (including phenoxy) is 1. The molecule has 3 aromatic rings. The maximum atomic E-state index is 14.0. The van der Waals surface area contributed by atoms with E-state index >= 15 is 0 Å². The van der Waals surface area contributed by atoms with Crippen molar-refractivity contribution in [3.05, 3.63) is 68.1 Å². The second-order valence-electron chi connectivity index (χ2n) is 4.47. The van der Waals surface area contributed by atoms with E-state index < -0.39 is 17.1 Å². The Bertz CT molecular complexity index is 993. The van der Waals surface area contributed by atoms with Crippen molar-refractivity contribution in [2.45, 2.75) is 0 Å². The molecule has 0 aliphatic carbocycles. The molecule has 0 radical (unpaired) electrons. The normalized spacial score (nSPS) is 10.9. The number of methoxy groups -OCH3 is 1. The number of benzene rings is 2. The lowest BCUT2D eigenvalue weighted by atomic mass is 10.2. The van der Waals surface area contributed by atoms with Gasteiger partial charge in [-0.15, -0.1) is 0 Å². The van der Waals surface area contributed by atoms with Gasteiger partial charge in [0.25, 0.3) is 5.56 Å². The van der Waals surface area contributed by atoms with Gasteiger partial charge in [0.05, 0.1) is 18.2 Å². The average molecular weight is 322 g/mol. The van der Waals surface area contributed by atoms with Crippen LogP contribution in [-0.4, -0.2) is 11.7 Å². The number of hydrogen-bond donors (Lipinski definition) is 0. The SMILES string of the molecule is COc1ccc2c(=O)n(-c3ccc(Cl)cc3F)c(=O)oc2c1. The van der Waals surface area contributed by atoms with E-state index in [-0.39, 0.29) is 21.7 Å². The van der Waals surface area contributed by atoms with Crippen LogP contribution in [0.4, 0.5) is 4.39 Å². The summed E-state index contributed by atoms with van der Waals surface area (Å²) in [6.45, 7) is 0. The largest absolute Gasteiger partial charge is 0.497 e. The van der Waals surface area contributed by atoms with Crippen molar-refractivity contribution >= 4 is 22.6 Å². The molecule has 0 saturated carbocycles. The number of halogens is 2. The quantitative estimate of drug-likeness (QED) is 0.728. The van der Waals surface area contributed by atoms with E-state index in [1.54, 1.807) is 6.07 Å². The minimum absolute atomic E-state index is 0.0694. The molecule has 0 unspecified atom stereocenters. The fraction of sp³-hybridized carbons (Fsp3) is 0.0667. The molecule has 112 valence electrons. The van der Waals surface area contributed by atoms with E-state index in [2.05, 4.69) is 0 Å². The number of fused-ring (bicyclic) bond motifs is 1. The van der Waals surface area contributed by atoms with E-state index in [1.807, 2.05) is 0 Å². The zero-order valence-corrected chi connectivity index (χ0v) is 12.1. The van der Waals surface area contributed by atoms with Crippen LogP contribution in [0.25, 0.3) is 16.7 Å². The molecule has 0 bridgehead atoms. The third-order valence-corrected chi connectivity index (χ3v) is 3.39. The molecule has 5 nitrogen and oxygen atoms in total. The Morgan fingerprint density at radius 2 is 1.95 bits per heavy atom. The first-order valence-corrected chi connectivity index (χ1v) is 6.58. The Morgan fingerprint density at radius 1 is 1.18 bits per heavy atom.